The number of nitrogens with two attached hydrogens (primary N) is 1. The van der Waals surface area contributed by atoms with Crippen molar-refractivity contribution in [2.75, 3.05) is 28.6 Å². The summed E-state index contributed by atoms with van der Waals surface area (Å²) >= 11 is 0. The number of rotatable bonds is 11. The molecule has 13 nitrogen and oxygen atoms in total. The number of aromatic nitrogens is 1. The molecule has 3 amide bonds. The number of primary amides is 1. The molecule has 0 fully saturated rings. The smallest absolute Gasteiger partial charge is 0.413 e. The van der Waals surface area contributed by atoms with Crippen LogP contribution in [-0.4, -0.2) is 45.9 Å². The molecule has 2 aromatic carbocycles. The fourth-order valence-corrected chi connectivity index (χ4v) is 3.68. The number of urea groups is 1. The summed E-state index contributed by atoms with van der Waals surface area (Å²) in [5.74, 6) is -0.191. The van der Waals surface area contributed by atoms with Crippen LogP contribution in [0.4, 0.5) is 32.6 Å². The van der Waals surface area contributed by atoms with Crippen LogP contribution in [0.1, 0.15) is 31.0 Å². The predicted octanol–water partition coefficient (Wildman–Crippen LogP) is 4.15. The monoisotopic (exact) mass is 520 g/mol. The molecule has 0 aliphatic rings. The first kappa shape index (κ1) is 27.4. The molecule has 1 aromatic heterocycles. The lowest BCUT2D eigenvalue weighted by Gasteiger charge is -2.23. The third-order valence-electron chi connectivity index (χ3n) is 5.42. The van der Waals surface area contributed by atoms with Crippen LogP contribution in [0.3, 0.4) is 0 Å². The van der Waals surface area contributed by atoms with E-state index in [0.29, 0.717) is 5.71 Å². The molecule has 38 heavy (non-hydrogen) atoms. The van der Waals surface area contributed by atoms with Gasteiger partial charge in [-0.15, -0.1) is 0 Å². The van der Waals surface area contributed by atoms with E-state index in [9.17, 15) is 24.8 Å². The van der Waals surface area contributed by atoms with Gasteiger partial charge in [0.25, 0.3) is 0 Å². The minimum atomic E-state index is -1.27. The Morgan fingerprint density at radius 2 is 1.71 bits per heavy atom. The lowest BCUT2D eigenvalue weighted by atomic mass is 9.98. The van der Waals surface area contributed by atoms with E-state index in [-0.39, 0.29) is 36.1 Å². The maximum atomic E-state index is 12.3. The van der Waals surface area contributed by atoms with Gasteiger partial charge in [0.1, 0.15) is 11.5 Å². The van der Waals surface area contributed by atoms with Crippen molar-refractivity contribution >= 4 is 40.8 Å². The number of carbonyl (C=O) groups is 2. The molecule has 0 bridgehead atoms. The van der Waals surface area contributed by atoms with Gasteiger partial charge < -0.3 is 21.5 Å². The number of hydrogen-bond donors (Lipinski definition) is 5. The second-order valence-electron chi connectivity index (χ2n) is 8.08. The number of pyridine rings is 1. The van der Waals surface area contributed by atoms with Gasteiger partial charge in [0.05, 0.1) is 23.2 Å². The highest BCUT2D eigenvalue weighted by Crippen LogP contribution is 2.38. The lowest BCUT2D eigenvalue weighted by molar-refractivity contribution is -0.383. The zero-order valence-corrected chi connectivity index (χ0v) is 20.8. The number of benzene rings is 2. The van der Waals surface area contributed by atoms with E-state index in [1.807, 2.05) is 60.7 Å². The minimum Gasteiger partial charge on any atom is -0.465 e. The van der Waals surface area contributed by atoms with Crippen molar-refractivity contribution in [1.29, 1.82) is 0 Å². The Hall–Kier alpha value is -5.20. The second-order valence-corrected chi connectivity index (χ2v) is 8.08. The number of carbonyl (C=O) groups excluding carboxylic acids is 1. The van der Waals surface area contributed by atoms with Gasteiger partial charge >= 0.3 is 17.8 Å². The molecule has 6 N–H and O–H groups in total. The number of nitro groups is 1. The van der Waals surface area contributed by atoms with Crippen LogP contribution in [0, 0.1) is 10.1 Å². The quantitative estimate of drug-likeness (QED) is 0.142. The average Bonchev–Trinajstić information content (AvgIpc) is 2.90. The Labute approximate surface area is 218 Å². The third kappa shape index (κ3) is 6.94. The van der Waals surface area contributed by atoms with Crippen molar-refractivity contribution in [2.45, 2.75) is 19.9 Å². The van der Waals surface area contributed by atoms with Crippen LogP contribution in [0.25, 0.3) is 0 Å². The third-order valence-corrected chi connectivity index (χ3v) is 5.42. The Morgan fingerprint density at radius 1 is 1.13 bits per heavy atom. The van der Waals surface area contributed by atoms with Crippen LogP contribution in [0.15, 0.2) is 71.8 Å². The van der Waals surface area contributed by atoms with E-state index < -0.39 is 23.1 Å². The Balaban J connectivity index is 2.14. The number of carboxylic acid groups (broad SMARTS) is 1. The summed E-state index contributed by atoms with van der Waals surface area (Å²) in [7, 11) is 0. The normalized spacial score (nSPS) is 11.1. The molecule has 0 unspecified atom stereocenters. The van der Waals surface area contributed by atoms with Gasteiger partial charge in [-0.05, 0) is 25.0 Å². The Kier molecular flexibility index (Phi) is 9.13. The largest absolute Gasteiger partial charge is 0.465 e. The first-order chi connectivity index (χ1) is 18.2. The van der Waals surface area contributed by atoms with E-state index in [1.54, 1.807) is 13.8 Å². The SMILES string of the molecule is CCN(C(=O)O)c1cc(NC(c2ccccc2)c2ccccc2)c([N+](=O)[O-])c(NCC(C)=NNC(N)=O)n1. The first-order valence-electron chi connectivity index (χ1n) is 11.6. The van der Waals surface area contributed by atoms with Crippen LogP contribution in [0.2, 0.25) is 0 Å². The van der Waals surface area contributed by atoms with Gasteiger partial charge in [-0.2, -0.15) is 5.10 Å². The van der Waals surface area contributed by atoms with Gasteiger partial charge in [0.2, 0.25) is 5.82 Å². The molecule has 0 spiro atoms. The second kappa shape index (κ2) is 12.7. The molecule has 0 atom stereocenters. The molecule has 0 saturated carbocycles. The van der Waals surface area contributed by atoms with E-state index in [4.69, 9.17) is 5.73 Å². The molecule has 198 valence electrons. The Morgan fingerprint density at radius 3 is 2.18 bits per heavy atom. The predicted molar refractivity (Wildman–Crippen MR) is 145 cm³/mol. The zero-order valence-electron chi connectivity index (χ0n) is 20.8. The summed E-state index contributed by atoms with van der Waals surface area (Å²) in [6.07, 6.45) is -1.27. The molecule has 0 radical (unpaired) electrons. The van der Waals surface area contributed by atoms with Crippen molar-refractivity contribution < 1.29 is 19.6 Å². The topological polar surface area (TPSA) is 188 Å². The average molecular weight is 521 g/mol. The standard InChI is InChI=1S/C25H28N8O5/c1-3-32(25(35)36)20-14-19(22(33(37)38)23(29-20)27-15-16(2)30-31-24(26)34)28-21(17-10-6-4-7-11-17)18-12-8-5-9-13-18/h4-14,21H,3,15H2,1-2H3,(H,35,36)(H3,26,31,34)(H2,27,28,29). The fourth-order valence-electron chi connectivity index (χ4n) is 3.68. The summed E-state index contributed by atoms with van der Waals surface area (Å²) < 4.78 is 0. The molecule has 1 heterocycles. The van der Waals surface area contributed by atoms with Gasteiger partial charge in [0.15, 0.2) is 0 Å². The number of nitrogens with one attached hydrogen (secondary N) is 3. The van der Waals surface area contributed by atoms with Crippen molar-refractivity contribution in [1.82, 2.24) is 10.4 Å². The summed E-state index contributed by atoms with van der Waals surface area (Å²) in [5, 5.41) is 31.9. The summed E-state index contributed by atoms with van der Waals surface area (Å²) in [6.45, 7) is 3.20. The minimum absolute atomic E-state index is 0.0136. The van der Waals surface area contributed by atoms with Crippen LogP contribution in [0.5, 0.6) is 0 Å². The number of nitrogens with zero attached hydrogens (tertiary/aromatic N) is 4. The summed E-state index contributed by atoms with van der Waals surface area (Å²) in [6, 6.07) is 18.7. The highest BCUT2D eigenvalue weighted by atomic mass is 16.6. The summed E-state index contributed by atoms with van der Waals surface area (Å²) in [4.78, 5) is 39.7. The van der Waals surface area contributed by atoms with E-state index >= 15 is 0 Å². The van der Waals surface area contributed by atoms with E-state index in [2.05, 4.69) is 26.1 Å². The number of hydrogen-bond acceptors (Lipinski definition) is 8. The van der Waals surface area contributed by atoms with Gasteiger partial charge in [0, 0.05) is 12.6 Å². The molecular weight excluding hydrogens is 492 g/mol. The molecule has 3 rings (SSSR count). The maximum Gasteiger partial charge on any atom is 0.413 e. The molecule has 0 aliphatic carbocycles. The Bertz CT molecular complexity index is 1280. The summed E-state index contributed by atoms with van der Waals surface area (Å²) in [5.41, 5.74) is 8.80. The fraction of sp³-hybridized carbons (Fsp3) is 0.200. The van der Waals surface area contributed by atoms with Gasteiger partial charge in [-0.1, -0.05) is 60.7 Å². The molecule has 0 saturated heterocycles. The number of amides is 3. The van der Waals surface area contributed by atoms with Crippen LogP contribution < -0.4 is 26.7 Å². The van der Waals surface area contributed by atoms with E-state index in [0.717, 1.165) is 16.0 Å². The highest BCUT2D eigenvalue weighted by Gasteiger charge is 2.28. The molecule has 0 aliphatic heterocycles. The molecular formula is C25H28N8O5. The number of anilines is 3. The van der Waals surface area contributed by atoms with Crippen molar-refractivity contribution in [3.05, 3.63) is 88.0 Å². The van der Waals surface area contributed by atoms with Crippen LogP contribution >= 0.6 is 0 Å². The first-order valence-corrected chi connectivity index (χ1v) is 11.6. The molecule has 13 heteroatoms. The van der Waals surface area contributed by atoms with E-state index in [1.165, 1.54) is 6.07 Å². The number of hydrazone groups is 1. The van der Waals surface area contributed by atoms with Crippen molar-refractivity contribution in [3.63, 3.8) is 0 Å². The van der Waals surface area contributed by atoms with Crippen molar-refractivity contribution in [3.8, 4) is 0 Å². The van der Waals surface area contributed by atoms with Gasteiger partial charge in [-0.25, -0.2) is 20.0 Å². The zero-order chi connectivity index (χ0) is 27.7. The van der Waals surface area contributed by atoms with Crippen molar-refractivity contribution in [2.24, 2.45) is 10.8 Å². The maximum absolute atomic E-state index is 12.3. The lowest BCUT2D eigenvalue weighted by Crippen LogP contribution is -2.30. The molecule has 3 aromatic rings. The van der Waals surface area contributed by atoms with Crippen LogP contribution in [-0.2, 0) is 0 Å². The highest BCUT2D eigenvalue weighted by molar-refractivity contribution is 5.90. The van der Waals surface area contributed by atoms with Gasteiger partial charge in [-0.3, -0.25) is 15.0 Å².